The minimum Gasteiger partial charge on any atom is -0.355 e. The van der Waals surface area contributed by atoms with Crippen molar-refractivity contribution in [3.8, 4) is 0 Å². The van der Waals surface area contributed by atoms with E-state index in [0.717, 1.165) is 28.9 Å². The molecular formula is C19H20F3N5. The normalized spacial score (nSPS) is 20.4. The van der Waals surface area contributed by atoms with E-state index in [1.54, 1.807) is 0 Å². The average Bonchev–Trinajstić information content (AvgIpc) is 2.92. The van der Waals surface area contributed by atoms with Crippen LogP contribution in [0.25, 0.3) is 11.2 Å². The Morgan fingerprint density at radius 1 is 1.07 bits per heavy atom. The predicted molar refractivity (Wildman–Crippen MR) is 97.1 cm³/mol. The molecule has 1 aromatic carbocycles. The Morgan fingerprint density at radius 3 is 2.56 bits per heavy atom. The zero-order valence-corrected chi connectivity index (χ0v) is 15.1. The van der Waals surface area contributed by atoms with E-state index < -0.39 is 23.5 Å². The van der Waals surface area contributed by atoms with E-state index in [-0.39, 0.29) is 11.5 Å². The lowest BCUT2D eigenvalue weighted by molar-refractivity contribution is 0.416. The Morgan fingerprint density at radius 2 is 1.81 bits per heavy atom. The summed E-state index contributed by atoms with van der Waals surface area (Å²) in [6.45, 7) is 2.95. The molecule has 27 heavy (non-hydrogen) atoms. The molecule has 0 bridgehead atoms. The van der Waals surface area contributed by atoms with Crippen LogP contribution in [0.1, 0.15) is 23.7 Å². The Labute approximate surface area is 154 Å². The van der Waals surface area contributed by atoms with E-state index in [1.165, 1.54) is 0 Å². The quantitative estimate of drug-likeness (QED) is 0.700. The number of hydrogen-bond acceptors (Lipinski definition) is 4. The van der Waals surface area contributed by atoms with E-state index >= 15 is 0 Å². The number of imidazole rings is 1. The van der Waals surface area contributed by atoms with Gasteiger partial charge in [0.25, 0.3) is 0 Å². The molecule has 1 fully saturated rings. The highest BCUT2D eigenvalue weighted by molar-refractivity contribution is 5.74. The Kier molecular flexibility index (Phi) is 4.30. The van der Waals surface area contributed by atoms with E-state index in [4.69, 9.17) is 5.73 Å². The molecule has 0 radical (unpaired) electrons. The smallest absolute Gasteiger partial charge is 0.162 e. The second-order valence-corrected chi connectivity index (χ2v) is 7.02. The van der Waals surface area contributed by atoms with Gasteiger partial charge < -0.3 is 15.2 Å². The average molecular weight is 375 g/mol. The molecule has 2 N–H and O–H groups in total. The van der Waals surface area contributed by atoms with Gasteiger partial charge in [0.05, 0.1) is 0 Å². The molecule has 1 saturated heterocycles. The van der Waals surface area contributed by atoms with Crippen molar-refractivity contribution in [1.29, 1.82) is 0 Å². The fraction of sp³-hybridized carbons (Fsp3) is 0.368. The number of aryl methyl sites for hydroxylation is 2. The topological polar surface area (TPSA) is 60.0 Å². The van der Waals surface area contributed by atoms with Crippen molar-refractivity contribution in [3.05, 3.63) is 53.1 Å². The standard InChI is InChI=1S/C19H20F3N5/c1-10-24-17-3-4-18(25-19(17)26(10)2)27-6-5-11(16(23)9-27)12-7-14(21)15(22)8-13(12)20/h3-4,7-8,11,16H,5-6,9,23H2,1-2H3/t11?,16-/m0/s1. The number of fused-ring (bicyclic) bond motifs is 1. The molecule has 142 valence electrons. The summed E-state index contributed by atoms with van der Waals surface area (Å²) in [6.07, 6.45) is 0.521. The minimum absolute atomic E-state index is 0.131. The molecule has 0 amide bonds. The second kappa shape index (κ2) is 6.53. The van der Waals surface area contributed by atoms with Gasteiger partial charge in [0.2, 0.25) is 0 Å². The predicted octanol–water partition coefficient (Wildman–Crippen LogP) is 3.02. The van der Waals surface area contributed by atoms with Crippen molar-refractivity contribution in [1.82, 2.24) is 14.5 Å². The number of piperidine rings is 1. The SMILES string of the molecule is Cc1nc2ccc(N3CCC(c4cc(F)c(F)cc4F)[C@@H](N)C3)nc2n1C. The van der Waals surface area contributed by atoms with Gasteiger partial charge in [-0.3, -0.25) is 0 Å². The van der Waals surface area contributed by atoms with Crippen LogP contribution in [0.2, 0.25) is 0 Å². The summed E-state index contributed by atoms with van der Waals surface area (Å²) in [7, 11) is 1.91. The van der Waals surface area contributed by atoms with Gasteiger partial charge in [-0.25, -0.2) is 23.1 Å². The van der Waals surface area contributed by atoms with E-state index in [1.807, 2.05) is 35.6 Å². The van der Waals surface area contributed by atoms with Crippen LogP contribution in [-0.2, 0) is 7.05 Å². The number of pyridine rings is 1. The van der Waals surface area contributed by atoms with Crippen LogP contribution in [0, 0.1) is 24.4 Å². The molecule has 0 saturated carbocycles. The number of benzene rings is 1. The van der Waals surface area contributed by atoms with Crippen molar-refractivity contribution < 1.29 is 13.2 Å². The molecule has 2 aromatic heterocycles. The number of rotatable bonds is 2. The van der Waals surface area contributed by atoms with Crippen molar-refractivity contribution in [2.45, 2.75) is 25.3 Å². The number of aromatic nitrogens is 3. The van der Waals surface area contributed by atoms with Crippen LogP contribution in [-0.4, -0.2) is 33.7 Å². The number of hydrogen-bond donors (Lipinski definition) is 1. The molecule has 0 aliphatic carbocycles. The first-order chi connectivity index (χ1) is 12.8. The van der Waals surface area contributed by atoms with Gasteiger partial charge in [0, 0.05) is 38.2 Å². The largest absolute Gasteiger partial charge is 0.355 e. The van der Waals surface area contributed by atoms with Crippen molar-refractivity contribution >= 4 is 17.0 Å². The van der Waals surface area contributed by atoms with Gasteiger partial charge in [0.1, 0.15) is 23.0 Å². The van der Waals surface area contributed by atoms with Crippen LogP contribution in [0.5, 0.6) is 0 Å². The van der Waals surface area contributed by atoms with Gasteiger partial charge in [0.15, 0.2) is 17.3 Å². The molecule has 8 heteroatoms. The Bertz CT molecular complexity index is 1020. The third-order valence-corrected chi connectivity index (χ3v) is 5.35. The summed E-state index contributed by atoms with van der Waals surface area (Å²) in [5.41, 5.74) is 8.01. The van der Waals surface area contributed by atoms with Crippen LogP contribution in [0.15, 0.2) is 24.3 Å². The lowest BCUT2D eigenvalue weighted by atomic mass is 9.85. The summed E-state index contributed by atoms with van der Waals surface area (Å²) >= 11 is 0. The van der Waals surface area contributed by atoms with Crippen molar-refractivity contribution in [2.75, 3.05) is 18.0 Å². The molecule has 0 spiro atoms. The van der Waals surface area contributed by atoms with Gasteiger partial charge >= 0.3 is 0 Å². The summed E-state index contributed by atoms with van der Waals surface area (Å²) < 4.78 is 42.8. The van der Waals surface area contributed by atoms with Crippen molar-refractivity contribution in [3.63, 3.8) is 0 Å². The second-order valence-electron chi connectivity index (χ2n) is 7.02. The zero-order valence-electron chi connectivity index (χ0n) is 15.1. The molecule has 5 nitrogen and oxygen atoms in total. The Hall–Kier alpha value is -2.61. The molecule has 1 unspecified atom stereocenters. The maximum Gasteiger partial charge on any atom is 0.162 e. The van der Waals surface area contributed by atoms with Crippen molar-refractivity contribution in [2.24, 2.45) is 12.8 Å². The molecule has 1 aliphatic rings. The number of nitrogens with two attached hydrogens (primary N) is 1. The molecule has 3 aromatic rings. The van der Waals surface area contributed by atoms with Gasteiger partial charge in [-0.15, -0.1) is 0 Å². The van der Waals surface area contributed by atoms with Crippen LogP contribution < -0.4 is 10.6 Å². The highest BCUT2D eigenvalue weighted by atomic mass is 19.2. The molecule has 1 aliphatic heterocycles. The van der Waals surface area contributed by atoms with Crippen LogP contribution in [0.3, 0.4) is 0 Å². The lowest BCUT2D eigenvalue weighted by Crippen LogP contribution is -2.48. The summed E-state index contributed by atoms with van der Waals surface area (Å²) in [4.78, 5) is 11.2. The molecule has 3 heterocycles. The summed E-state index contributed by atoms with van der Waals surface area (Å²) in [6, 6.07) is 4.89. The van der Waals surface area contributed by atoms with Gasteiger partial charge in [-0.2, -0.15) is 0 Å². The number of nitrogens with zero attached hydrogens (tertiary/aromatic N) is 4. The van der Waals surface area contributed by atoms with Gasteiger partial charge in [-0.1, -0.05) is 0 Å². The first-order valence-corrected chi connectivity index (χ1v) is 8.80. The zero-order chi connectivity index (χ0) is 19.3. The van der Waals surface area contributed by atoms with E-state index in [9.17, 15) is 13.2 Å². The highest BCUT2D eigenvalue weighted by Crippen LogP contribution is 2.32. The fourth-order valence-corrected chi connectivity index (χ4v) is 3.74. The third kappa shape index (κ3) is 3.03. The van der Waals surface area contributed by atoms with Crippen LogP contribution >= 0.6 is 0 Å². The van der Waals surface area contributed by atoms with E-state index in [0.29, 0.717) is 25.6 Å². The molecule has 4 rings (SSSR count). The molecule has 2 atom stereocenters. The number of halogens is 3. The fourth-order valence-electron chi connectivity index (χ4n) is 3.74. The highest BCUT2D eigenvalue weighted by Gasteiger charge is 2.31. The number of anilines is 1. The first-order valence-electron chi connectivity index (χ1n) is 8.80. The van der Waals surface area contributed by atoms with Gasteiger partial charge in [-0.05, 0) is 37.1 Å². The summed E-state index contributed by atoms with van der Waals surface area (Å²) in [5, 5.41) is 0. The first kappa shape index (κ1) is 17.8. The third-order valence-electron chi connectivity index (χ3n) is 5.35. The monoisotopic (exact) mass is 375 g/mol. The summed E-state index contributed by atoms with van der Waals surface area (Å²) in [5.74, 6) is -1.73. The van der Waals surface area contributed by atoms with Crippen LogP contribution in [0.4, 0.5) is 19.0 Å². The molecular weight excluding hydrogens is 355 g/mol. The maximum absolute atomic E-state index is 14.1. The maximum atomic E-state index is 14.1. The Balaban J connectivity index is 1.59. The van der Waals surface area contributed by atoms with E-state index in [2.05, 4.69) is 9.97 Å². The minimum atomic E-state index is -1.19. The lowest BCUT2D eigenvalue weighted by Gasteiger charge is -2.37.